The summed E-state index contributed by atoms with van der Waals surface area (Å²) in [6.45, 7) is 9.31. The molecule has 2 atom stereocenters. The number of nitrogens with two attached hydrogens (primary N) is 1. The summed E-state index contributed by atoms with van der Waals surface area (Å²) in [5.74, 6) is -0.844. The number of nitro groups is 1. The van der Waals surface area contributed by atoms with E-state index in [2.05, 4.69) is 6.58 Å². The zero-order valence-electron chi connectivity index (χ0n) is 19.3. The van der Waals surface area contributed by atoms with Gasteiger partial charge in [0, 0.05) is 12.6 Å². The molecule has 1 aromatic carbocycles. The van der Waals surface area contributed by atoms with Crippen molar-refractivity contribution in [1.82, 2.24) is 9.37 Å². The minimum Gasteiger partial charge on any atom is -0.444 e. The minimum atomic E-state index is -4.62. The number of hydroxylamine groups is 1. The number of carbonyl (C=O) groups is 2. The number of benzene rings is 1. The second kappa shape index (κ2) is 10.3. The molecule has 34 heavy (non-hydrogen) atoms. The molecular formula is C21H28N4O8S. The fourth-order valence-corrected chi connectivity index (χ4v) is 4.87. The van der Waals surface area contributed by atoms with Crippen molar-refractivity contribution >= 4 is 27.7 Å². The normalized spacial score (nSPS) is 18.9. The summed E-state index contributed by atoms with van der Waals surface area (Å²) in [6.07, 6.45) is 1.73. The van der Waals surface area contributed by atoms with Gasteiger partial charge in [0.05, 0.1) is 17.6 Å². The first-order valence-corrected chi connectivity index (χ1v) is 11.6. The summed E-state index contributed by atoms with van der Waals surface area (Å²) in [7, 11) is -4.62. The van der Waals surface area contributed by atoms with E-state index in [-0.39, 0.29) is 13.2 Å². The van der Waals surface area contributed by atoms with Gasteiger partial charge in [-0.25, -0.2) is 13.2 Å². The molecule has 1 aliphatic rings. The molecule has 0 unspecified atom stereocenters. The van der Waals surface area contributed by atoms with Gasteiger partial charge in [0.1, 0.15) is 11.6 Å². The van der Waals surface area contributed by atoms with Gasteiger partial charge in [-0.3, -0.25) is 24.6 Å². The Morgan fingerprint density at radius 1 is 1.35 bits per heavy atom. The molecule has 0 radical (unpaired) electrons. The summed E-state index contributed by atoms with van der Waals surface area (Å²) >= 11 is 0. The molecule has 1 aromatic rings. The second-order valence-corrected chi connectivity index (χ2v) is 10.2. The van der Waals surface area contributed by atoms with E-state index in [1.807, 2.05) is 0 Å². The lowest BCUT2D eigenvalue weighted by Crippen LogP contribution is -2.58. The van der Waals surface area contributed by atoms with E-state index in [4.69, 9.17) is 15.3 Å². The van der Waals surface area contributed by atoms with Crippen molar-refractivity contribution in [3.8, 4) is 0 Å². The van der Waals surface area contributed by atoms with Gasteiger partial charge in [-0.2, -0.15) is 0 Å². The van der Waals surface area contributed by atoms with Gasteiger partial charge in [0.25, 0.3) is 15.7 Å². The summed E-state index contributed by atoms with van der Waals surface area (Å²) in [6, 6.07) is 2.47. The lowest BCUT2D eigenvalue weighted by Gasteiger charge is -2.40. The van der Waals surface area contributed by atoms with E-state index in [1.165, 1.54) is 31.2 Å². The molecule has 0 fully saturated rings. The van der Waals surface area contributed by atoms with E-state index in [1.54, 1.807) is 20.8 Å². The minimum absolute atomic E-state index is 0.255. The van der Waals surface area contributed by atoms with Crippen molar-refractivity contribution in [2.24, 2.45) is 5.73 Å². The number of amides is 2. The van der Waals surface area contributed by atoms with Gasteiger partial charge < -0.3 is 10.5 Å². The molecule has 0 saturated carbocycles. The number of hydrogen-bond donors (Lipinski definition) is 1. The predicted molar refractivity (Wildman–Crippen MR) is 122 cm³/mol. The number of para-hydroxylation sites is 1. The van der Waals surface area contributed by atoms with Gasteiger partial charge in [0.15, 0.2) is 4.90 Å². The maximum absolute atomic E-state index is 13.5. The van der Waals surface area contributed by atoms with Crippen molar-refractivity contribution in [3.63, 3.8) is 0 Å². The Morgan fingerprint density at radius 3 is 2.50 bits per heavy atom. The third-order valence-corrected chi connectivity index (χ3v) is 6.46. The number of ether oxygens (including phenoxy) is 1. The van der Waals surface area contributed by atoms with Crippen LogP contribution in [0.25, 0.3) is 0 Å². The van der Waals surface area contributed by atoms with Crippen LogP contribution in [0, 0.1) is 10.1 Å². The lowest BCUT2D eigenvalue weighted by molar-refractivity contribution is -0.388. The number of sulfonamides is 1. The second-order valence-electron chi connectivity index (χ2n) is 8.48. The topological polar surface area (TPSA) is 162 Å². The first-order chi connectivity index (χ1) is 15.7. The molecule has 186 valence electrons. The quantitative estimate of drug-likeness (QED) is 0.325. The van der Waals surface area contributed by atoms with Crippen molar-refractivity contribution in [3.05, 3.63) is 58.7 Å². The Bertz CT molecular complexity index is 1110. The predicted octanol–water partition coefficient (Wildman–Crippen LogP) is 2.12. The largest absolute Gasteiger partial charge is 0.444 e. The summed E-state index contributed by atoms with van der Waals surface area (Å²) in [5.41, 5.74) is 4.26. The van der Waals surface area contributed by atoms with Gasteiger partial charge in [0.2, 0.25) is 5.91 Å². The van der Waals surface area contributed by atoms with E-state index < -0.39 is 55.2 Å². The zero-order chi connectivity index (χ0) is 25.8. The number of primary amides is 1. The standard InChI is InChI=1S/C21H28N4O8S/c1-6-11-32-25(34(30,31)18-10-8-7-9-15(18)24(28)29)17-13-23(20(27)33-21(3,4)5)16(19(22)26)12-14(17)2/h6-10,12,16-17H,1,11,13H2,2-5H3,(H2,22,26)/t16-,17+/m1/s1. The molecular weight excluding hydrogens is 468 g/mol. The number of nitro benzene ring substituents is 1. The summed E-state index contributed by atoms with van der Waals surface area (Å²) < 4.78 is 33.0. The Kier molecular flexibility index (Phi) is 8.18. The molecule has 0 aliphatic carbocycles. The van der Waals surface area contributed by atoms with Crippen LogP contribution in [0.15, 0.2) is 53.5 Å². The fraction of sp³-hybridized carbons (Fsp3) is 0.429. The highest BCUT2D eigenvalue weighted by atomic mass is 32.2. The molecule has 13 heteroatoms. The first-order valence-electron chi connectivity index (χ1n) is 10.2. The van der Waals surface area contributed by atoms with Gasteiger partial charge in [-0.05, 0) is 33.8 Å². The molecule has 12 nitrogen and oxygen atoms in total. The number of hydrogen-bond acceptors (Lipinski definition) is 8. The third kappa shape index (κ3) is 5.98. The lowest BCUT2D eigenvalue weighted by atomic mass is 9.99. The number of rotatable bonds is 8. The van der Waals surface area contributed by atoms with Crippen LogP contribution in [-0.2, 0) is 24.4 Å². The van der Waals surface area contributed by atoms with Crippen LogP contribution in [0.1, 0.15) is 27.7 Å². The number of carbonyl (C=O) groups excluding carboxylic acids is 2. The smallest absolute Gasteiger partial charge is 0.411 e. The highest BCUT2D eigenvalue weighted by Crippen LogP contribution is 2.32. The van der Waals surface area contributed by atoms with Crippen LogP contribution in [0.5, 0.6) is 0 Å². The zero-order valence-corrected chi connectivity index (χ0v) is 20.1. The van der Waals surface area contributed by atoms with Gasteiger partial charge >= 0.3 is 6.09 Å². The molecule has 0 saturated heterocycles. The van der Waals surface area contributed by atoms with Crippen LogP contribution < -0.4 is 5.73 Å². The summed E-state index contributed by atoms with van der Waals surface area (Å²) in [4.78, 5) is 41.4. The molecule has 0 bridgehead atoms. The Balaban J connectivity index is 2.60. The van der Waals surface area contributed by atoms with Crippen molar-refractivity contribution in [2.45, 2.75) is 50.3 Å². The molecule has 1 heterocycles. The molecule has 0 aromatic heterocycles. The average Bonchev–Trinajstić information content (AvgIpc) is 2.73. The first kappa shape index (κ1) is 27.0. The number of nitrogens with zero attached hydrogens (tertiary/aromatic N) is 3. The maximum Gasteiger partial charge on any atom is 0.411 e. The average molecular weight is 497 g/mol. The Morgan fingerprint density at radius 2 is 1.97 bits per heavy atom. The Hall–Kier alpha value is -3.29. The van der Waals surface area contributed by atoms with E-state index in [0.29, 0.717) is 10.0 Å². The third-order valence-electron chi connectivity index (χ3n) is 4.72. The Labute approximate surface area is 197 Å². The van der Waals surface area contributed by atoms with Crippen LogP contribution in [-0.4, -0.2) is 65.5 Å². The van der Waals surface area contributed by atoms with Gasteiger partial charge in [-0.1, -0.05) is 34.3 Å². The van der Waals surface area contributed by atoms with E-state index in [9.17, 15) is 28.1 Å². The fourth-order valence-electron chi connectivity index (χ4n) is 3.25. The van der Waals surface area contributed by atoms with E-state index >= 15 is 0 Å². The van der Waals surface area contributed by atoms with Crippen molar-refractivity contribution in [2.75, 3.05) is 13.2 Å². The van der Waals surface area contributed by atoms with Crippen LogP contribution in [0.3, 0.4) is 0 Å². The molecule has 2 rings (SSSR count). The molecule has 2 amide bonds. The molecule has 2 N–H and O–H groups in total. The van der Waals surface area contributed by atoms with Crippen molar-refractivity contribution < 1.29 is 32.5 Å². The maximum atomic E-state index is 13.5. The highest BCUT2D eigenvalue weighted by Gasteiger charge is 2.44. The van der Waals surface area contributed by atoms with Crippen LogP contribution in [0.4, 0.5) is 10.5 Å². The SMILES string of the molecule is C=CCON([C@H]1CN(C(=O)OC(C)(C)C)[C@@H](C(N)=O)C=C1C)S(=O)(=O)c1ccccc1[N+](=O)[O-]. The van der Waals surface area contributed by atoms with Gasteiger partial charge in [-0.15, -0.1) is 6.58 Å². The highest BCUT2D eigenvalue weighted by molar-refractivity contribution is 7.89. The monoisotopic (exact) mass is 496 g/mol. The molecule has 1 aliphatic heterocycles. The van der Waals surface area contributed by atoms with Crippen molar-refractivity contribution in [1.29, 1.82) is 0 Å². The summed E-state index contributed by atoms with van der Waals surface area (Å²) in [5, 5.41) is 11.5. The van der Waals surface area contributed by atoms with Crippen LogP contribution in [0.2, 0.25) is 0 Å². The van der Waals surface area contributed by atoms with Crippen LogP contribution >= 0.6 is 0 Å². The molecule has 0 spiro atoms. The van der Waals surface area contributed by atoms with E-state index in [0.717, 1.165) is 17.0 Å².